The molecule has 0 bridgehead atoms. The van der Waals surface area contributed by atoms with Crippen molar-refractivity contribution in [3.05, 3.63) is 12.5 Å². The molecule has 0 radical (unpaired) electrons. The van der Waals surface area contributed by atoms with Gasteiger partial charge < -0.3 is 10.0 Å². The molecule has 2 heterocycles. The second kappa shape index (κ2) is 7.05. The van der Waals surface area contributed by atoms with Gasteiger partial charge in [-0.25, -0.2) is 14.6 Å². The van der Waals surface area contributed by atoms with Crippen LogP contribution in [0, 0.1) is 0 Å². The van der Waals surface area contributed by atoms with E-state index in [2.05, 4.69) is 47.7 Å². The van der Waals surface area contributed by atoms with Gasteiger partial charge in [-0.15, -0.1) is 0 Å². The van der Waals surface area contributed by atoms with Crippen molar-refractivity contribution in [1.29, 1.82) is 0 Å². The molecule has 2 rings (SSSR count). The molecule has 0 spiro atoms. The Labute approximate surface area is 132 Å². The maximum atomic E-state index is 9.36. The van der Waals surface area contributed by atoms with Crippen LogP contribution in [0.2, 0.25) is 0 Å². The van der Waals surface area contributed by atoms with Crippen molar-refractivity contribution < 1.29 is 5.11 Å². The normalized spacial score (nSPS) is 12.0. The van der Waals surface area contributed by atoms with E-state index >= 15 is 0 Å². The maximum absolute atomic E-state index is 9.36. The highest BCUT2D eigenvalue weighted by Gasteiger charge is 2.21. The molecule has 1 N–H and O–H groups in total. The van der Waals surface area contributed by atoms with Crippen LogP contribution in [0.3, 0.4) is 0 Å². The molecule has 0 aromatic carbocycles. The van der Waals surface area contributed by atoms with E-state index in [9.17, 15) is 5.11 Å². The Hall–Kier alpha value is -1.69. The van der Waals surface area contributed by atoms with Crippen LogP contribution in [-0.2, 0) is 5.54 Å². The molecule has 22 heavy (non-hydrogen) atoms. The Kier molecular flexibility index (Phi) is 5.34. The lowest BCUT2D eigenvalue weighted by atomic mass is 10.1. The van der Waals surface area contributed by atoms with Crippen LogP contribution >= 0.6 is 0 Å². The SMILES string of the molecule is CCCCCN(CCO)c1ncnc2c1cnn2C(C)(C)C. The zero-order valence-electron chi connectivity index (χ0n) is 14.1. The predicted octanol–water partition coefficient (Wildman–Crippen LogP) is 2.57. The molecule has 0 unspecified atom stereocenters. The summed E-state index contributed by atoms with van der Waals surface area (Å²) < 4.78 is 1.93. The van der Waals surface area contributed by atoms with Crippen LogP contribution in [0.1, 0.15) is 47.0 Å². The van der Waals surface area contributed by atoms with Crippen LogP contribution in [0.15, 0.2) is 12.5 Å². The average molecular weight is 305 g/mol. The number of hydrogen-bond acceptors (Lipinski definition) is 5. The first-order valence-corrected chi connectivity index (χ1v) is 8.04. The summed E-state index contributed by atoms with van der Waals surface area (Å²) in [5.41, 5.74) is 0.716. The topological polar surface area (TPSA) is 67.1 Å². The van der Waals surface area contributed by atoms with Crippen molar-refractivity contribution in [3.8, 4) is 0 Å². The number of unbranched alkanes of at least 4 members (excludes halogenated alkanes) is 2. The molecule has 0 aliphatic heterocycles. The average Bonchev–Trinajstić information content (AvgIpc) is 2.90. The summed E-state index contributed by atoms with van der Waals surface area (Å²) in [5.74, 6) is 0.866. The van der Waals surface area contributed by atoms with Gasteiger partial charge in [-0.2, -0.15) is 5.10 Å². The van der Waals surface area contributed by atoms with Crippen LogP contribution in [0.25, 0.3) is 11.0 Å². The number of fused-ring (bicyclic) bond motifs is 1. The number of aliphatic hydroxyl groups excluding tert-OH is 1. The summed E-state index contributed by atoms with van der Waals surface area (Å²) in [7, 11) is 0. The van der Waals surface area contributed by atoms with Crippen LogP contribution < -0.4 is 4.90 Å². The van der Waals surface area contributed by atoms with Gasteiger partial charge in [0.05, 0.1) is 23.7 Å². The molecule has 0 saturated carbocycles. The molecular weight excluding hydrogens is 278 g/mol. The molecule has 0 fully saturated rings. The third-order valence-corrected chi connectivity index (χ3v) is 3.68. The van der Waals surface area contributed by atoms with Crippen molar-refractivity contribution in [2.45, 2.75) is 52.5 Å². The molecule has 0 atom stereocenters. The standard InChI is InChI=1S/C16H27N5O/c1-5-6-7-8-20(9-10-22)14-13-11-19-21(16(2,3)4)15(13)18-12-17-14/h11-12,22H,5-10H2,1-4H3. The monoisotopic (exact) mass is 305 g/mol. The molecule has 6 heteroatoms. The van der Waals surface area contributed by atoms with Gasteiger partial charge in [-0.05, 0) is 27.2 Å². The summed E-state index contributed by atoms with van der Waals surface area (Å²) in [5, 5.41) is 14.8. The summed E-state index contributed by atoms with van der Waals surface area (Å²) in [6.07, 6.45) is 6.87. The van der Waals surface area contributed by atoms with E-state index in [4.69, 9.17) is 0 Å². The van der Waals surface area contributed by atoms with E-state index in [0.717, 1.165) is 29.8 Å². The highest BCUT2D eigenvalue weighted by molar-refractivity contribution is 5.86. The van der Waals surface area contributed by atoms with Crippen molar-refractivity contribution in [3.63, 3.8) is 0 Å². The van der Waals surface area contributed by atoms with E-state index in [0.29, 0.717) is 6.54 Å². The van der Waals surface area contributed by atoms with Gasteiger partial charge in [0.2, 0.25) is 0 Å². The first-order valence-electron chi connectivity index (χ1n) is 8.04. The molecule has 0 aliphatic carbocycles. The quantitative estimate of drug-likeness (QED) is 0.796. The third kappa shape index (κ3) is 3.55. The van der Waals surface area contributed by atoms with Gasteiger partial charge >= 0.3 is 0 Å². The summed E-state index contributed by atoms with van der Waals surface area (Å²) in [4.78, 5) is 11.0. The first kappa shape index (κ1) is 16.7. The van der Waals surface area contributed by atoms with Crippen LogP contribution in [-0.4, -0.2) is 44.6 Å². The fourth-order valence-electron chi connectivity index (χ4n) is 2.57. The van der Waals surface area contributed by atoms with Crippen LogP contribution in [0.5, 0.6) is 0 Å². The Morgan fingerprint density at radius 3 is 2.59 bits per heavy atom. The lowest BCUT2D eigenvalue weighted by molar-refractivity contribution is 0.301. The van der Waals surface area contributed by atoms with Gasteiger partial charge in [0.25, 0.3) is 0 Å². The highest BCUT2D eigenvalue weighted by Crippen LogP contribution is 2.26. The predicted molar refractivity (Wildman–Crippen MR) is 89.1 cm³/mol. The minimum atomic E-state index is -0.128. The number of aromatic nitrogens is 4. The van der Waals surface area contributed by atoms with Gasteiger partial charge in [-0.1, -0.05) is 19.8 Å². The smallest absolute Gasteiger partial charge is 0.163 e. The third-order valence-electron chi connectivity index (χ3n) is 3.68. The largest absolute Gasteiger partial charge is 0.395 e. The first-order chi connectivity index (χ1) is 10.5. The Morgan fingerprint density at radius 1 is 1.18 bits per heavy atom. The molecule has 2 aromatic heterocycles. The second-order valence-corrected chi connectivity index (χ2v) is 6.58. The number of hydrogen-bond donors (Lipinski definition) is 1. The Bertz CT molecular complexity index is 602. The van der Waals surface area contributed by atoms with E-state index in [1.807, 2.05) is 10.9 Å². The molecule has 0 aliphatic rings. The molecule has 122 valence electrons. The summed E-state index contributed by atoms with van der Waals surface area (Å²) in [6, 6.07) is 0. The number of rotatable bonds is 7. The molecular formula is C16H27N5O. The van der Waals surface area contributed by atoms with Gasteiger partial charge in [0.1, 0.15) is 12.1 Å². The van der Waals surface area contributed by atoms with E-state index in [1.54, 1.807) is 6.33 Å². The second-order valence-electron chi connectivity index (χ2n) is 6.58. The zero-order valence-corrected chi connectivity index (χ0v) is 14.1. The summed E-state index contributed by atoms with van der Waals surface area (Å²) >= 11 is 0. The fourth-order valence-corrected chi connectivity index (χ4v) is 2.57. The van der Waals surface area contributed by atoms with Gasteiger partial charge in [-0.3, -0.25) is 0 Å². The molecule has 2 aromatic rings. The van der Waals surface area contributed by atoms with Gasteiger partial charge in [0, 0.05) is 13.1 Å². The molecule has 6 nitrogen and oxygen atoms in total. The van der Waals surface area contributed by atoms with Crippen molar-refractivity contribution >= 4 is 16.9 Å². The van der Waals surface area contributed by atoms with Crippen LogP contribution in [0.4, 0.5) is 5.82 Å². The van der Waals surface area contributed by atoms with Crippen molar-refractivity contribution in [1.82, 2.24) is 19.7 Å². The summed E-state index contributed by atoms with van der Waals surface area (Å²) in [6.45, 7) is 10.1. The fraction of sp³-hybridized carbons (Fsp3) is 0.688. The lowest BCUT2D eigenvalue weighted by Gasteiger charge is -2.24. The highest BCUT2D eigenvalue weighted by atomic mass is 16.3. The minimum Gasteiger partial charge on any atom is -0.395 e. The number of aliphatic hydroxyl groups is 1. The van der Waals surface area contributed by atoms with Gasteiger partial charge in [0.15, 0.2) is 5.65 Å². The Morgan fingerprint density at radius 2 is 1.95 bits per heavy atom. The van der Waals surface area contributed by atoms with Crippen molar-refractivity contribution in [2.24, 2.45) is 0 Å². The van der Waals surface area contributed by atoms with E-state index in [1.165, 1.54) is 12.8 Å². The maximum Gasteiger partial charge on any atom is 0.163 e. The van der Waals surface area contributed by atoms with E-state index in [-0.39, 0.29) is 12.1 Å². The zero-order chi connectivity index (χ0) is 16.2. The number of nitrogens with zero attached hydrogens (tertiary/aromatic N) is 5. The van der Waals surface area contributed by atoms with Crippen molar-refractivity contribution in [2.75, 3.05) is 24.6 Å². The lowest BCUT2D eigenvalue weighted by Crippen LogP contribution is -2.29. The molecule has 0 saturated heterocycles. The Balaban J connectivity index is 2.38. The molecule has 0 amide bonds. The van der Waals surface area contributed by atoms with E-state index < -0.39 is 0 Å². The number of anilines is 1. The minimum absolute atomic E-state index is 0.116.